The predicted octanol–water partition coefficient (Wildman–Crippen LogP) is 2.83. The normalized spacial score (nSPS) is 10.6. The molecule has 0 fully saturated rings. The Labute approximate surface area is 133 Å². The maximum Gasteiger partial charge on any atom is 0.278 e. The Hall–Kier alpha value is -2.74. The summed E-state index contributed by atoms with van der Waals surface area (Å²) in [7, 11) is 0. The first kappa shape index (κ1) is 15.6. The third kappa shape index (κ3) is 3.89. The molecule has 0 bridgehead atoms. The van der Waals surface area contributed by atoms with E-state index in [0.717, 1.165) is 16.8 Å². The number of phenolic OH excluding ortho intramolecular Hbond substituents is 1. The van der Waals surface area contributed by atoms with Crippen LogP contribution < -0.4 is 5.43 Å². The minimum atomic E-state index is -0.600. The van der Waals surface area contributed by atoms with Crippen molar-refractivity contribution >= 4 is 33.7 Å². The Morgan fingerprint density at radius 1 is 1.32 bits per heavy atom. The molecule has 1 amide bonds. The van der Waals surface area contributed by atoms with Gasteiger partial charge in [-0.05, 0) is 30.3 Å². The van der Waals surface area contributed by atoms with Gasteiger partial charge in [-0.1, -0.05) is 22.0 Å². The first-order chi connectivity index (χ1) is 10.5. The van der Waals surface area contributed by atoms with E-state index in [1.54, 1.807) is 24.3 Å². The Bertz CT molecular complexity index is 762. The Morgan fingerprint density at radius 3 is 2.77 bits per heavy atom. The molecule has 2 N–H and O–H groups in total. The van der Waals surface area contributed by atoms with Crippen molar-refractivity contribution in [2.75, 3.05) is 0 Å². The van der Waals surface area contributed by atoms with Crippen molar-refractivity contribution in [3.63, 3.8) is 0 Å². The summed E-state index contributed by atoms with van der Waals surface area (Å²) in [6.07, 6.45) is 1.10. The van der Waals surface area contributed by atoms with Crippen LogP contribution in [0.5, 0.6) is 5.75 Å². The summed E-state index contributed by atoms with van der Waals surface area (Å²) in [6.45, 7) is 0. The van der Waals surface area contributed by atoms with E-state index in [0.29, 0.717) is 5.56 Å². The molecule has 22 heavy (non-hydrogen) atoms. The van der Waals surface area contributed by atoms with E-state index in [1.165, 1.54) is 12.1 Å². The highest BCUT2D eigenvalue weighted by Gasteiger charge is 2.12. The summed E-state index contributed by atoms with van der Waals surface area (Å²) < 4.78 is 0.743. The van der Waals surface area contributed by atoms with Gasteiger partial charge < -0.3 is 5.11 Å². The number of benzene rings is 2. The zero-order chi connectivity index (χ0) is 16.1. The zero-order valence-electron chi connectivity index (χ0n) is 11.1. The highest BCUT2D eigenvalue weighted by Crippen LogP contribution is 2.21. The van der Waals surface area contributed by atoms with E-state index < -0.39 is 10.8 Å². The number of hydrogen-bond acceptors (Lipinski definition) is 5. The number of carbonyl (C=O) groups excluding carboxylic acids is 1. The fraction of sp³-hybridized carbons (Fsp3) is 0. The largest absolute Gasteiger partial charge is 0.508 e. The van der Waals surface area contributed by atoms with E-state index in [-0.39, 0.29) is 17.0 Å². The summed E-state index contributed by atoms with van der Waals surface area (Å²) in [6, 6.07) is 10.2. The molecular weight excluding hydrogens is 354 g/mol. The smallest absolute Gasteiger partial charge is 0.278 e. The number of carbonyl (C=O) groups is 1. The zero-order valence-corrected chi connectivity index (χ0v) is 12.6. The molecule has 0 aliphatic carbocycles. The van der Waals surface area contributed by atoms with Crippen LogP contribution in [-0.2, 0) is 0 Å². The molecule has 0 heterocycles. The SMILES string of the molecule is O=C(N/N=C/c1cc(O)ccc1[N+](=O)[O-])c1cccc(Br)c1. The number of nitrogens with zero attached hydrogens (tertiary/aromatic N) is 2. The van der Waals surface area contributed by atoms with Crippen molar-refractivity contribution in [3.8, 4) is 5.75 Å². The molecule has 0 spiro atoms. The first-order valence-electron chi connectivity index (χ1n) is 6.04. The Morgan fingerprint density at radius 2 is 2.09 bits per heavy atom. The van der Waals surface area contributed by atoms with Crippen molar-refractivity contribution in [2.24, 2.45) is 5.10 Å². The molecule has 0 aromatic heterocycles. The van der Waals surface area contributed by atoms with Crippen LogP contribution in [0.2, 0.25) is 0 Å². The third-order valence-corrected chi connectivity index (χ3v) is 3.16. The molecular formula is C14H10BrN3O4. The van der Waals surface area contributed by atoms with Crippen molar-refractivity contribution in [1.82, 2.24) is 5.43 Å². The Kier molecular flexibility index (Phi) is 4.84. The number of hydrazone groups is 1. The molecule has 2 rings (SSSR count). The number of hydrogen-bond donors (Lipinski definition) is 2. The molecule has 112 valence electrons. The lowest BCUT2D eigenvalue weighted by Crippen LogP contribution is -2.17. The van der Waals surface area contributed by atoms with Crippen LogP contribution in [0.25, 0.3) is 0 Å². The van der Waals surface area contributed by atoms with Gasteiger partial charge in [0.1, 0.15) is 5.75 Å². The van der Waals surface area contributed by atoms with Gasteiger partial charge in [0.25, 0.3) is 11.6 Å². The number of nitro groups is 1. The van der Waals surface area contributed by atoms with Gasteiger partial charge in [0, 0.05) is 16.1 Å². The molecule has 0 unspecified atom stereocenters. The number of phenols is 1. The predicted molar refractivity (Wildman–Crippen MR) is 84.0 cm³/mol. The van der Waals surface area contributed by atoms with Crippen molar-refractivity contribution in [3.05, 3.63) is 68.2 Å². The highest BCUT2D eigenvalue weighted by atomic mass is 79.9. The second-order valence-corrected chi connectivity index (χ2v) is 5.13. The first-order valence-corrected chi connectivity index (χ1v) is 6.83. The average Bonchev–Trinajstić information content (AvgIpc) is 2.47. The molecule has 2 aromatic carbocycles. The molecule has 0 saturated carbocycles. The minimum absolute atomic E-state index is 0.0829. The van der Waals surface area contributed by atoms with Crippen LogP contribution in [-0.4, -0.2) is 22.2 Å². The summed E-state index contributed by atoms with van der Waals surface area (Å²) >= 11 is 3.25. The van der Waals surface area contributed by atoms with Crippen molar-refractivity contribution in [2.45, 2.75) is 0 Å². The average molecular weight is 364 g/mol. The van der Waals surface area contributed by atoms with Gasteiger partial charge in [0.15, 0.2) is 0 Å². The number of nitrogens with one attached hydrogen (secondary N) is 1. The van der Waals surface area contributed by atoms with Gasteiger partial charge in [-0.15, -0.1) is 0 Å². The summed E-state index contributed by atoms with van der Waals surface area (Å²) in [4.78, 5) is 22.1. The van der Waals surface area contributed by atoms with Crippen LogP contribution in [0, 0.1) is 10.1 Å². The van der Waals surface area contributed by atoms with Gasteiger partial charge in [-0.2, -0.15) is 5.10 Å². The van der Waals surface area contributed by atoms with Gasteiger partial charge in [0.05, 0.1) is 16.7 Å². The van der Waals surface area contributed by atoms with Crippen molar-refractivity contribution < 1.29 is 14.8 Å². The van der Waals surface area contributed by atoms with E-state index >= 15 is 0 Å². The lowest BCUT2D eigenvalue weighted by Gasteiger charge is -2.01. The summed E-state index contributed by atoms with van der Waals surface area (Å²) in [5.74, 6) is -0.592. The fourth-order valence-electron chi connectivity index (χ4n) is 1.67. The monoisotopic (exact) mass is 363 g/mol. The van der Waals surface area contributed by atoms with E-state index in [2.05, 4.69) is 26.5 Å². The maximum atomic E-state index is 11.8. The second-order valence-electron chi connectivity index (χ2n) is 4.21. The molecule has 2 aromatic rings. The molecule has 8 heteroatoms. The van der Waals surface area contributed by atoms with Crippen LogP contribution in [0.1, 0.15) is 15.9 Å². The molecule has 0 aliphatic rings. The van der Waals surface area contributed by atoms with Gasteiger partial charge in [0.2, 0.25) is 0 Å². The summed E-state index contributed by atoms with van der Waals surface area (Å²) in [5, 5.41) is 23.9. The number of nitro benzene ring substituents is 1. The topological polar surface area (TPSA) is 105 Å². The highest BCUT2D eigenvalue weighted by molar-refractivity contribution is 9.10. The number of halogens is 1. The second kappa shape index (κ2) is 6.81. The molecule has 7 nitrogen and oxygen atoms in total. The van der Waals surface area contributed by atoms with Gasteiger partial charge in [-0.3, -0.25) is 14.9 Å². The molecule has 0 radical (unpaired) electrons. The summed E-state index contributed by atoms with van der Waals surface area (Å²) in [5.41, 5.74) is 2.51. The number of rotatable bonds is 4. The minimum Gasteiger partial charge on any atom is -0.508 e. The fourth-order valence-corrected chi connectivity index (χ4v) is 2.07. The van der Waals surface area contributed by atoms with Crippen LogP contribution >= 0.6 is 15.9 Å². The quantitative estimate of drug-likeness (QED) is 0.494. The van der Waals surface area contributed by atoms with Gasteiger partial charge in [-0.25, -0.2) is 5.43 Å². The van der Waals surface area contributed by atoms with Crippen LogP contribution in [0.3, 0.4) is 0 Å². The molecule has 0 aliphatic heterocycles. The van der Waals surface area contributed by atoms with Crippen LogP contribution in [0.4, 0.5) is 5.69 Å². The van der Waals surface area contributed by atoms with Crippen molar-refractivity contribution in [1.29, 1.82) is 0 Å². The maximum absolute atomic E-state index is 11.8. The number of aromatic hydroxyl groups is 1. The standard InChI is InChI=1S/C14H10BrN3O4/c15-11-3-1-2-9(6-11)14(20)17-16-8-10-7-12(19)4-5-13(10)18(21)22/h1-8,19H,(H,17,20)/b16-8+. The van der Waals surface area contributed by atoms with E-state index in [1.807, 2.05) is 0 Å². The third-order valence-electron chi connectivity index (χ3n) is 2.66. The lowest BCUT2D eigenvalue weighted by molar-refractivity contribution is -0.385. The van der Waals surface area contributed by atoms with E-state index in [4.69, 9.17) is 0 Å². The lowest BCUT2D eigenvalue weighted by atomic mass is 10.2. The van der Waals surface area contributed by atoms with Crippen LogP contribution in [0.15, 0.2) is 52.0 Å². The number of amides is 1. The molecule has 0 saturated heterocycles. The van der Waals surface area contributed by atoms with Gasteiger partial charge >= 0.3 is 0 Å². The Balaban J connectivity index is 2.14. The van der Waals surface area contributed by atoms with E-state index in [9.17, 15) is 20.0 Å². The molecule has 0 atom stereocenters.